The topological polar surface area (TPSA) is 196 Å². The Morgan fingerprint density at radius 2 is 0.825 bits per heavy atom. The number of amides is 8. The van der Waals surface area contributed by atoms with Crippen LogP contribution in [0.3, 0.4) is 0 Å². The zero-order valence-electron chi connectivity index (χ0n) is 43.4. The number of alkyl halides is 6. The maximum atomic E-state index is 15.8. The van der Waals surface area contributed by atoms with Gasteiger partial charge in [0.1, 0.15) is 10.8 Å². The molecule has 408 valence electrons. The number of benzene rings is 6. The van der Waals surface area contributed by atoms with Crippen molar-refractivity contribution in [2.75, 3.05) is 35.0 Å². The molecule has 0 radical (unpaired) electrons. The van der Waals surface area contributed by atoms with E-state index in [1.807, 2.05) is 0 Å². The van der Waals surface area contributed by atoms with Crippen LogP contribution in [0.15, 0.2) is 97.1 Å². The number of carbonyl (C=O) groups excluding carboxylic acids is 9. The van der Waals surface area contributed by atoms with Gasteiger partial charge in [-0.1, -0.05) is 30.3 Å². The number of hydrogen-bond acceptors (Lipinski definition) is 11. The van der Waals surface area contributed by atoms with E-state index in [1.165, 1.54) is 52.1 Å². The molecule has 2 unspecified atom stereocenters. The molecule has 8 amide bonds. The highest BCUT2D eigenvalue weighted by molar-refractivity contribution is 6.38. The summed E-state index contributed by atoms with van der Waals surface area (Å²) in [6, 6.07) is 17.6. The zero-order valence-corrected chi connectivity index (χ0v) is 43.4. The Bertz CT molecular complexity index is 3890. The number of aliphatic hydroxyl groups is 1. The van der Waals surface area contributed by atoms with E-state index in [9.17, 15) is 43.2 Å². The van der Waals surface area contributed by atoms with Gasteiger partial charge < -0.3 is 9.84 Å². The van der Waals surface area contributed by atoms with Gasteiger partial charge in [0.25, 0.3) is 47.3 Å². The number of hydrogen-bond donors (Lipinski definition) is 1. The summed E-state index contributed by atoms with van der Waals surface area (Å²) in [5, 5.41) is 9.07. The molecule has 0 saturated heterocycles. The maximum Gasteiger partial charge on any atom is 0.402 e. The van der Waals surface area contributed by atoms with Gasteiger partial charge in [-0.3, -0.25) is 43.3 Å². The van der Waals surface area contributed by atoms with Crippen molar-refractivity contribution in [3.63, 3.8) is 0 Å². The van der Waals surface area contributed by atoms with E-state index >= 15 is 26.3 Å². The lowest BCUT2D eigenvalue weighted by Crippen LogP contribution is -2.41. The number of aliphatic hydroxyl groups excluding tert-OH is 1. The Morgan fingerprint density at radius 1 is 0.475 bits per heavy atom. The highest BCUT2D eigenvalue weighted by atomic mass is 19.4. The number of anilines is 3. The minimum absolute atomic E-state index is 0.000749. The van der Waals surface area contributed by atoms with Crippen LogP contribution in [0.25, 0.3) is 0 Å². The van der Waals surface area contributed by atoms with Crippen LogP contribution in [0.5, 0.6) is 0 Å². The number of carbonyl (C=O) groups is 9. The van der Waals surface area contributed by atoms with Gasteiger partial charge in [-0.15, -0.1) is 0 Å². The molecular weight excluding hydrogens is 1050 g/mol. The first-order valence-electron chi connectivity index (χ1n) is 24.7. The Kier molecular flexibility index (Phi) is 12.5. The van der Waals surface area contributed by atoms with Gasteiger partial charge in [-0.25, -0.2) is 19.5 Å². The molecule has 4 aliphatic rings. The van der Waals surface area contributed by atoms with Gasteiger partial charge >= 0.3 is 18.3 Å². The summed E-state index contributed by atoms with van der Waals surface area (Å²) in [5.41, 5.74) is -9.75. The average Bonchev–Trinajstić information content (AvgIpc) is 3.99. The predicted molar refractivity (Wildman–Crippen MR) is 274 cm³/mol. The molecule has 0 bridgehead atoms. The lowest BCUT2D eigenvalue weighted by Gasteiger charge is -2.33. The van der Waals surface area contributed by atoms with Gasteiger partial charge in [0.05, 0.1) is 73.7 Å². The summed E-state index contributed by atoms with van der Waals surface area (Å²) in [6.07, 6.45) is -10.1. The lowest BCUT2D eigenvalue weighted by molar-refractivity contribution is -0.173. The van der Waals surface area contributed by atoms with Gasteiger partial charge in [0.2, 0.25) is 0 Å². The third-order valence-corrected chi connectivity index (χ3v) is 15.6. The third-order valence-electron chi connectivity index (χ3n) is 15.6. The number of halogens is 6. The van der Waals surface area contributed by atoms with Crippen molar-refractivity contribution in [1.82, 2.24) is 4.90 Å². The molecular formula is C59H44F6N4O11. The monoisotopic (exact) mass is 1100 g/mol. The van der Waals surface area contributed by atoms with Crippen molar-refractivity contribution in [1.29, 1.82) is 0 Å². The van der Waals surface area contributed by atoms with Crippen LogP contribution in [-0.2, 0) is 15.6 Å². The lowest BCUT2D eigenvalue weighted by atomic mass is 9.74. The largest absolute Gasteiger partial charge is 0.462 e. The van der Waals surface area contributed by atoms with E-state index in [0.29, 0.717) is 15.4 Å². The maximum absolute atomic E-state index is 15.8. The zero-order chi connectivity index (χ0) is 58.2. The number of imide groups is 4. The number of aryl methyl sites for hydroxylation is 3. The number of esters is 1. The predicted octanol–water partition coefficient (Wildman–Crippen LogP) is 9.82. The molecule has 0 fully saturated rings. The van der Waals surface area contributed by atoms with Gasteiger partial charge in [0, 0.05) is 20.1 Å². The summed E-state index contributed by atoms with van der Waals surface area (Å²) < 4.78 is 98.6. The van der Waals surface area contributed by atoms with E-state index in [2.05, 4.69) is 0 Å². The van der Waals surface area contributed by atoms with Crippen LogP contribution in [0.2, 0.25) is 0 Å². The Morgan fingerprint density at radius 3 is 1.23 bits per heavy atom. The SMILES string of the molecule is Cc1cc(C(=O)OCCCO)cc(N2C(=O)c3ccc(C(C)(c4ccc5c(c4)C(=O)N(c4c(C)cc(C)c(N6C(=O)c7ccc(C(C)(c8ccc9c(c8)C(=O)N(C)C9=O)C(F)(F)F)cc7C6=O)c4C)C5=O)C(F)(F)F)cc3C2=O)c1. The molecule has 0 spiro atoms. The first-order valence-corrected chi connectivity index (χ1v) is 24.7. The van der Waals surface area contributed by atoms with E-state index < -0.39 is 115 Å². The van der Waals surface area contributed by atoms with Crippen molar-refractivity contribution in [3.8, 4) is 0 Å². The molecule has 10 rings (SSSR count). The first kappa shape index (κ1) is 54.3. The Labute approximate surface area is 450 Å². The van der Waals surface area contributed by atoms with Crippen LogP contribution < -0.4 is 14.7 Å². The average molecular weight is 1100 g/mol. The fraction of sp³-hybridized carbons (Fsp3) is 0.237. The Balaban J connectivity index is 0.974. The molecule has 1 N–H and O–H groups in total. The number of fused-ring (bicyclic) bond motifs is 4. The van der Waals surface area contributed by atoms with Crippen molar-refractivity contribution >= 4 is 70.3 Å². The molecule has 80 heavy (non-hydrogen) atoms. The Hall–Kier alpha value is -9.11. The standard InChI is InChI=1S/C59H44F6N4O11/c1-27-19-31(55(79)80-18-8-17-70)22-36(20-27)67-49(73)38-14-10-33(24-42(38)52(67)76)57(6,59(63,64)65)35-12-16-40-44(26-35)54(78)69(51(40)75)46-29(3)21-28(2)45(30(46)4)68-50(74)39-15-11-34(25-43(39)53(68)77)56(5,58(60,61)62)32-9-13-37-41(23-32)48(72)66(7)47(37)71/h9-16,19-26,70H,8,17-18H2,1-7H3. The highest BCUT2D eigenvalue weighted by Gasteiger charge is 2.57. The van der Waals surface area contributed by atoms with Gasteiger partial charge in [-0.2, -0.15) is 26.3 Å². The van der Waals surface area contributed by atoms with E-state index in [-0.39, 0.29) is 86.8 Å². The smallest absolute Gasteiger partial charge is 0.402 e. The molecule has 2 atom stereocenters. The second kappa shape index (κ2) is 18.5. The van der Waals surface area contributed by atoms with E-state index in [1.54, 1.807) is 6.92 Å². The molecule has 4 heterocycles. The fourth-order valence-electron chi connectivity index (χ4n) is 11.1. The molecule has 15 nitrogen and oxygen atoms in total. The fourth-order valence-corrected chi connectivity index (χ4v) is 11.1. The van der Waals surface area contributed by atoms with E-state index in [4.69, 9.17) is 9.84 Å². The molecule has 0 aliphatic carbocycles. The molecule has 21 heteroatoms. The minimum atomic E-state index is -5.16. The van der Waals surface area contributed by atoms with Crippen molar-refractivity contribution in [2.24, 2.45) is 0 Å². The number of ether oxygens (including phenoxy) is 1. The van der Waals surface area contributed by atoms with Crippen molar-refractivity contribution in [2.45, 2.75) is 71.1 Å². The molecule has 6 aromatic carbocycles. The molecule has 6 aromatic rings. The van der Waals surface area contributed by atoms with Gasteiger partial charge in [-0.05, 0) is 153 Å². The molecule has 4 aliphatic heterocycles. The normalized spacial score (nSPS) is 16.6. The third kappa shape index (κ3) is 7.79. The van der Waals surface area contributed by atoms with Crippen LogP contribution in [0.1, 0.15) is 158 Å². The van der Waals surface area contributed by atoms with Crippen LogP contribution in [0, 0.1) is 27.7 Å². The van der Waals surface area contributed by atoms with E-state index in [0.717, 1.165) is 96.4 Å². The summed E-state index contributed by atoms with van der Waals surface area (Å²) in [6.45, 7) is 7.27. The number of rotatable bonds is 11. The quantitative estimate of drug-likeness (QED) is 0.0561. The molecule has 0 saturated carbocycles. The van der Waals surface area contributed by atoms with Crippen LogP contribution >= 0.6 is 0 Å². The highest BCUT2D eigenvalue weighted by Crippen LogP contribution is 2.51. The van der Waals surface area contributed by atoms with Crippen LogP contribution in [-0.4, -0.2) is 95.8 Å². The van der Waals surface area contributed by atoms with Crippen molar-refractivity contribution in [3.05, 3.63) is 192 Å². The summed E-state index contributed by atoms with van der Waals surface area (Å²) in [4.78, 5) is 127. The molecule has 0 aromatic heterocycles. The summed E-state index contributed by atoms with van der Waals surface area (Å²) in [7, 11) is 1.19. The first-order chi connectivity index (χ1) is 37.5. The minimum Gasteiger partial charge on any atom is -0.462 e. The summed E-state index contributed by atoms with van der Waals surface area (Å²) >= 11 is 0. The van der Waals surface area contributed by atoms with Gasteiger partial charge in [0.15, 0.2) is 0 Å². The summed E-state index contributed by atoms with van der Waals surface area (Å²) in [5.74, 6) is -8.28. The number of nitrogens with zero attached hydrogens (tertiary/aromatic N) is 4. The second-order valence-electron chi connectivity index (χ2n) is 20.4. The van der Waals surface area contributed by atoms with Crippen molar-refractivity contribution < 1.29 is 79.3 Å². The second-order valence-corrected chi connectivity index (χ2v) is 20.4. The van der Waals surface area contributed by atoms with Crippen LogP contribution in [0.4, 0.5) is 43.4 Å².